The third kappa shape index (κ3) is 5.10. The largest absolute Gasteiger partial charge is 0.493 e. The predicted molar refractivity (Wildman–Crippen MR) is 135 cm³/mol. The first-order valence-corrected chi connectivity index (χ1v) is 11.5. The molecule has 0 aromatic heterocycles. The van der Waals surface area contributed by atoms with E-state index in [4.69, 9.17) is 23.7 Å². The lowest BCUT2D eigenvalue weighted by atomic mass is 9.90. The summed E-state index contributed by atoms with van der Waals surface area (Å²) in [5.74, 6) is 0.793. The van der Waals surface area contributed by atoms with Crippen LogP contribution >= 0.6 is 0 Å². The first-order valence-electron chi connectivity index (χ1n) is 11.5. The van der Waals surface area contributed by atoms with Crippen molar-refractivity contribution in [1.29, 1.82) is 0 Å². The minimum Gasteiger partial charge on any atom is -0.493 e. The molecule has 9 nitrogen and oxygen atoms in total. The Kier molecular flexibility index (Phi) is 7.81. The van der Waals surface area contributed by atoms with Gasteiger partial charge in [-0.05, 0) is 69.4 Å². The molecule has 1 amide bonds. The fraction of sp³-hybridized carbons (Fsp3) is 0.444. The van der Waals surface area contributed by atoms with Gasteiger partial charge in [0, 0.05) is 5.56 Å². The molecule has 0 unspecified atom stereocenters. The lowest BCUT2D eigenvalue weighted by molar-refractivity contribution is 0.0501. The summed E-state index contributed by atoms with van der Waals surface area (Å²) in [6, 6.07) is 4.12. The third-order valence-electron chi connectivity index (χ3n) is 5.92. The van der Waals surface area contributed by atoms with E-state index in [-0.39, 0.29) is 28.5 Å². The van der Waals surface area contributed by atoms with Crippen LogP contribution in [-0.4, -0.2) is 45.9 Å². The van der Waals surface area contributed by atoms with Gasteiger partial charge in [0.1, 0.15) is 5.60 Å². The SMILES string of the molecule is COc1c(OC)c(C(C)=O)c2c(c1OC)-c1ccc(OC)c(=O)cc1[C@@H](NC(=O)OC(C)(C)C)CC2. The maximum absolute atomic E-state index is 13.0. The van der Waals surface area contributed by atoms with Gasteiger partial charge >= 0.3 is 6.09 Å². The van der Waals surface area contributed by atoms with Gasteiger partial charge in [0.15, 0.2) is 23.0 Å². The number of alkyl carbamates (subject to hydrolysis) is 1. The number of Topliss-reactive ketones (excluding diaryl/α,β-unsaturated/α-hetero) is 1. The van der Waals surface area contributed by atoms with E-state index >= 15 is 0 Å². The Hall–Kier alpha value is -3.75. The van der Waals surface area contributed by atoms with Crippen LogP contribution in [0.4, 0.5) is 4.79 Å². The molecule has 9 heteroatoms. The summed E-state index contributed by atoms with van der Waals surface area (Å²) in [5.41, 5.74) is 1.67. The van der Waals surface area contributed by atoms with E-state index in [0.717, 1.165) is 0 Å². The molecule has 1 atom stereocenters. The molecule has 36 heavy (non-hydrogen) atoms. The van der Waals surface area contributed by atoms with Crippen LogP contribution < -0.4 is 29.7 Å². The molecule has 194 valence electrons. The zero-order valence-electron chi connectivity index (χ0n) is 22.0. The molecule has 0 bridgehead atoms. The van der Waals surface area contributed by atoms with Crippen molar-refractivity contribution in [3.63, 3.8) is 0 Å². The molecular weight excluding hydrogens is 466 g/mol. The van der Waals surface area contributed by atoms with Crippen LogP contribution in [0.1, 0.15) is 61.6 Å². The van der Waals surface area contributed by atoms with Gasteiger partial charge in [-0.3, -0.25) is 9.59 Å². The van der Waals surface area contributed by atoms with E-state index in [9.17, 15) is 14.4 Å². The second-order valence-corrected chi connectivity index (χ2v) is 9.40. The van der Waals surface area contributed by atoms with Crippen molar-refractivity contribution in [2.45, 2.75) is 52.2 Å². The van der Waals surface area contributed by atoms with Gasteiger partial charge in [-0.15, -0.1) is 0 Å². The van der Waals surface area contributed by atoms with Crippen molar-refractivity contribution in [3.05, 3.63) is 45.1 Å². The summed E-state index contributed by atoms with van der Waals surface area (Å²) >= 11 is 0. The number of fused-ring (bicyclic) bond motifs is 3. The van der Waals surface area contributed by atoms with Crippen molar-refractivity contribution in [2.24, 2.45) is 0 Å². The number of ketones is 1. The number of nitrogens with one attached hydrogen (secondary N) is 1. The molecule has 1 aliphatic carbocycles. The molecule has 0 saturated carbocycles. The summed E-state index contributed by atoms with van der Waals surface area (Å²) < 4.78 is 27.8. The molecule has 0 saturated heterocycles. The number of carbonyl (C=O) groups is 2. The van der Waals surface area contributed by atoms with Gasteiger partial charge in [0.05, 0.1) is 40.0 Å². The fourth-order valence-corrected chi connectivity index (χ4v) is 4.57. The number of carbonyl (C=O) groups excluding carboxylic acids is 2. The molecule has 0 aliphatic heterocycles. The minimum atomic E-state index is -0.708. The predicted octanol–water partition coefficient (Wildman–Crippen LogP) is 4.46. The molecule has 2 aromatic carbocycles. The number of methoxy groups -OCH3 is 4. The second kappa shape index (κ2) is 10.5. The summed E-state index contributed by atoms with van der Waals surface area (Å²) in [6.07, 6.45) is 0.138. The third-order valence-corrected chi connectivity index (χ3v) is 5.92. The van der Waals surface area contributed by atoms with E-state index in [0.29, 0.717) is 46.4 Å². The quantitative estimate of drug-likeness (QED) is 0.580. The summed E-state index contributed by atoms with van der Waals surface area (Å²) in [6.45, 7) is 6.77. The van der Waals surface area contributed by atoms with Crippen LogP contribution in [-0.2, 0) is 11.2 Å². The highest BCUT2D eigenvalue weighted by atomic mass is 16.6. The molecule has 2 aromatic rings. The standard InChI is InChI=1S/C27H33NO8/c1-14(29)21-16-9-11-18(28-26(31)36-27(2,3)4)17-13-19(30)20(32-5)12-10-15(17)22(16)24(34-7)25(35-8)23(21)33-6/h10,12-13,18H,9,11H2,1-8H3,(H,28,31)/t18-/m0/s1. The van der Waals surface area contributed by atoms with Crippen LogP contribution in [0.2, 0.25) is 0 Å². The van der Waals surface area contributed by atoms with Gasteiger partial charge in [-0.25, -0.2) is 4.79 Å². The van der Waals surface area contributed by atoms with Crippen molar-refractivity contribution in [1.82, 2.24) is 5.32 Å². The van der Waals surface area contributed by atoms with Crippen molar-refractivity contribution < 1.29 is 33.3 Å². The Labute approximate surface area is 210 Å². The van der Waals surface area contributed by atoms with Gasteiger partial charge in [0.25, 0.3) is 0 Å². The number of rotatable bonds is 6. The molecule has 1 aliphatic rings. The van der Waals surface area contributed by atoms with E-state index in [1.54, 1.807) is 32.9 Å². The first-order chi connectivity index (χ1) is 17.0. The maximum atomic E-state index is 13.0. The monoisotopic (exact) mass is 499 g/mol. The summed E-state index contributed by atoms with van der Waals surface area (Å²) in [5, 5.41) is 2.90. The maximum Gasteiger partial charge on any atom is 0.408 e. The van der Waals surface area contributed by atoms with Gasteiger partial charge < -0.3 is 29.0 Å². The first kappa shape index (κ1) is 26.8. The Morgan fingerprint density at radius 1 is 0.944 bits per heavy atom. The number of hydrogen-bond acceptors (Lipinski definition) is 8. The topological polar surface area (TPSA) is 109 Å². The summed E-state index contributed by atoms with van der Waals surface area (Å²) in [7, 11) is 5.83. The van der Waals surface area contributed by atoms with E-state index in [1.807, 2.05) is 0 Å². The molecule has 3 rings (SSSR count). The lowest BCUT2D eigenvalue weighted by Crippen LogP contribution is -2.35. The summed E-state index contributed by atoms with van der Waals surface area (Å²) in [4.78, 5) is 38.6. The van der Waals surface area contributed by atoms with Crippen molar-refractivity contribution in [2.75, 3.05) is 28.4 Å². The van der Waals surface area contributed by atoms with Crippen LogP contribution in [0.5, 0.6) is 23.0 Å². The minimum absolute atomic E-state index is 0.131. The molecule has 0 spiro atoms. The molecule has 1 N–H and O–H groups in total. The highest BCUT2D eigenvalue weighted by Crippen LogP contribution is 2.52. The second-order valence-electron chi connectivity index (χ2n) is 9.40. The highest BCUT2D eigenvalue weighted by molar-refractivity contribution is 6.03. The molecule has 0 heterocycles. The van der Waals surface area contributed by atoms with Crippen molar-refractivity contribution >= 4 is 11.9 Å². The average Bonchev–Trinajstić information content (AvgIpc) is 3.04. The normalized spacial score (nSPS) is 14.5. The van der Waals surface area contributed by atoms with Crippen LogP contribution in [0.25, 0.3) is 11.1 Å². The Bertz CT molecular complexity index is 1250. The zero-order chi connectivity index (χ0) is 26.8. The smallest absolute Gasteiger partial charge is 0.408 e. The molecule has 0 radical (unpaired) electrons. The number of amides is 1. The number of benzene rings is 1. The number of hydrogen-bond donors (Lipinski definition) is 1. The molecular formula is C27H33NO8. The average molecular weight is 500 g/mol. The van der Waals surface area contributed by atoms with Gasteiger partial charge in [-0.2, -0.15) is 0 Å². The Balaban J connectivity index is 2.41. The Morgan fingerprint density at radius 2 is 1.58 bits per heavy atom. The highest BCUT2D eigenvalue weighted by Gasteiger charge is 2.34. The van der Waals surface area contributed by atoms with Gasteiger partial charge in [0.2, 0.25) is 11.2 Å². The van der Waals surface area contributed by atoms with E-state index in [2.05, 4.69) is 5.32 Å². The van der Waals surface area contributed by atoms with Crippen LogP contribution in [0, 0.1) is 0 Å². The molecule has 0 fully saturated rings. The lowest BCUT2D eigenvalue weighted by Gasteiger charge is -2.23. The van der Waals surface area contributed by atoms with Crippen LogP contribution in [0.15, 0.2) is 23.0 Å². The Morgan fingerprint density at radius 3 is 2.11 bits per heavy atom. The van der Waals surface area contributed by atoms with E-state index in [1.165, 1.54) is 41.4 Å². The van der Waals surface area contributed by atoms with Crippen LogP contribution in [0.3, 0.4) is 0 Å². The van der Waals surface area contributed by atoms with Gasteiger partial charge in [-0.1, -0.05) is 6.07 Å². The fourth-order valence-electron chi connectivity index (χ4n) is 4.57. The zero-order valence-corrected chi connectivity index (χ0v) is 22.0. The van der Waals surface area contributed by atoms with E-state index < -0.39 is 17.7 Å². The number of ether oxygens (including phenoxy) is 5. The van der Waals surface area contributed by atoms with Crippen molar-refractivity contribution in [3.8, 4) is 34.1 Å².